The molecule has 0 fully saturated rings. The van der Waals surface area contributed by atoms with Crippen molar-refractivity contribution >= 4 is 52.4 Å². The third-order valence-corrected chi connectivity index (χ3v) is 6.79. The van der Waals surface area contributed by atoms with Gasteiger partial charge in [0, 0.05) is 24.4 Å². The maximum absolute atomic E-state index is 12.4. The van der Waals surface area contributed by atoms with E-state index >= 15 is 0 Å². The summed E-state index contributed by atoms with van der Waals surface area (Å²) in [6, 6.07) is 12.4. The zero-order valence-corrected chi connectivity index (χ0v) is 20.0. The number of thioether (sulfide) groups is 2. The Balaban J connectivity index is 1.55. The highest BCUT2D eigenvalue weighted by Crippen LogP contribution is 2.27. The van der Waals surface area contributed by atoms with Crippen LogP contribution in [0.1, 0.15) is 23.9 Å². The van der Waals surface area contributed by atoms with Crippen molar-refractivity contribution in [3.05, 3.63) is 74.6 Å². The molecule has 0 atom stereocenters. The van der Waals surface area contributed by atoms with Crippen LogP contribution in [0.3, 0.4) is 0 Å². The van der Waals surface area contributed by atoms with Crippen LogP contribution in [0.15, 0.2) is 47.6 Å². The van der Waals surface area contributed by atoms with E-state index in [1.807, 2.05) is 11.5 Å². The van der Waals surface area contributed by atoms with Gasteiger partial charge in [-0.1, -0.05) is 53.2 Å². The monoisotopic (exact) mass is 491 g/mol. The fourth-order valence-electron chi connectivity index (χ4n) is 2.83. The van der Waals surface area contributed by atoms with Gasteiger partial charge in [0.25, 0.3) is 5.69 Å². The summed E-state index contributed by atoms with van der Waals surface area (Å²) in [5.74, 6) is 2.19. The van der Waals surface area contributed by atoms with Crippen LogP contribution in [0, 0.1) is 17.0 Å². The smallest absolute Gasteiger partial charge is 0.271 e. The van der Waals surface area contributed by atoms with E-state index in [0.29, 0.717) is 17.5 Å². The quantitative estimate of drug-likeness (QED) is 0.232. The average Bonchev–Trinajstić information content (AvgIpc) is 3.16. The fourth-order valence-corrected chi connectivity index (χ4v) is 4.75. The molecule has 1 heterocycles. The number of aryl methyl sites for hydroxylation is 1. The van der Waals surface area contributed by atoms with Gasteiger partial charge in [0.2, 0.25) is 5.91 Å². The Morgan fingerprint density at radius 2 is 1.94 bits per heavy atom. The number of hydrogen-bond acceptors (Lipinski definition) is 7. The van der Waals surface area contributed by atoms with Crippen molar-refractivity contribution in [2.24, 2.45) is 0 Å². The molecule has 32 heavy (non-hydrogen) atoms. The first-order valence-corrected chi connectivity index (χ1v) is 12.3. The first-order chi connectivity index (χ1) is 15.4. The van der Waals surface area contributed by atoms with Crippen molar-refractivity contribution in [1.82, 2.24) is 14.8 Å². The summed E-state index contributed by atoms with van der Waals surface area (Å²) in [6.07, 6.45) is 0. The van der Waals surface area contributed by atoms with E-state index in [1.165, 1.54) is 41.1 Å². The molecule has 0 spiro atoms. The molecule has 3 aromatic rings. The van der Waals surface area contributed by atoms with Crippen LogP contribution in [0.4, 0.5) is 11.4 Å². The molecular formula is C21H22ClN5O3S2. The molecule has 2 aromatic carbocycles. The van der Waals surface area contributed by atoms with Crippen LogP contribution in [0.25, 0.3) is 0 Å². The summed E-state index contributed by atoms with van der Waals surface area (Å²) in [6.45, 7) is 4.76. The molecule has 0 bridgehead atoms. The number of anilines is 1. The fraction of sp³-hybridized carbons (Fsp3) is 0.286. The molecule has 0 unspecified atom stereocenters. The molecule has 0 radical (unpaired) electrons. The van der Waals surface area contributed by atoms with Crippen LogP contribution in [-0.4, -0.2) is 31.3 Å². The molecule has 11 heteroatoms. The van der Waals surface area contributed by atoms with E-state index in [1.54, 1.807) is 11.8 Å². The highest BCUT2D eigenvalue weighted by atomic mass is 35.5. The second-order valence-electron chi connectivity index (χ2n) is 6.88. The lowest BCUT2D eigenvalue weighted by Crippen LogP contribution is -2.15. The van der Waals surface area contributed by atoms with E-state index in [9.17, 15) is 14.9 Å². The Bertz CT molecular complexity index is 1110. The summed E-state index contributed by atoms with van der Waals surface area (Å²) in [7, 11) is 0. The minimum atomic E-state index is -0.539. The largest absolute Gasteiger partial charge is 0.324 e. The van der Waals surface area contributed by atoms with Gasteiger partial charge in [-0.2, -0.15) is 0 Å². The van der Waals surface area contributed by atoms with E-state index < -0.39 is 4.92 Å². The lowest BCUT2D eigenvalue weighted by molar-refractivity contribution is -0.384. The zero-order chi connectivity index (χ0) is 23.1. The van der Waals surface area contributed by atoms with Crippen molar-refractivity contribution in [2.75, 3.05) is 11.1 Å². The predicted molar refractivity (Wildman–Crippen MR) is 129 cm³/mol. The lowest BCUT2D eigenvalue weighted by Gasteiger charge is -2.09. The lowest BCUT2D eigenvalue weighted by atomic mass is 10.2. The highest BCUT2D eigenvalue weighted by Gasteiger charge is 2.15. The number of hydrogen-bond donors (Lipinski definition) is 1. The minimum absolute atomic E-state index is 0.0770. The molecule has 1 aromatic heterocycles. The van der Waals surface area contributed by atoms with Gasteiger partial charge < -0.3 is 9.88 Å². The maximum Gasteiger partial charge on any atom is 0.271 e. The van der Waals surface area contributed by atoms with E-state index in [4.69, 9.17) is 11.6 Å². The summed E-state index contributed by atoms with van der Waals surface area (Å²) in [5, 5.41) is 22.9. The van der Waals surface area contributed by atoms with Gasteiger partial charge in [-0.05, 0) is 25.5 Å². The van der Waals surface area contributed by atoms with E-state index in [0.717, 1.165) is 11.6 Å². The number of carbonyl (C=O) groups excluding carboxylic acids is 1. The summed E-state index contributed by atoms with van der Waals surface area (Å²) in [4.78, 5) is 22.7. The summed E-state index contributed by atoms with van der Waals surface area (Å²) in [5.41, 5.74) is 2.56. The number of non-ortho nitro benzene ring substituents is 1. The Hall–Kier alpha value is -2.56. The molecule has 0 saturated carbocycles. The van der Waals surface area contributed by atoms with Crippen molar-refractivity contribution in [3.8, 4) is 0 Å². The molecule has 0 aliphatic carbocycles. The van der Waals surface area contributed by atoms with Gasteiger partial charge in [0.15, 0.2) is 5.16 Å². The summed E-state index contributed by atoms with van der Waals surface area (Å²) >= 11 is 9.06. The number of rotatable bonds is 10. The average molecular weight is 492 g/mol. The molecule has 0 aliphatic heterocycles. The predicted octanol–water partition coefficient (Wildman–Crippen LogP) is 5.33. The Morgan fingerprint density at radius 1 is 1.19 bits per heavy atom. The van der Waals surface area contributed by atoms with Crippen molar-refractivity contribution < 1.29 is 9.72 Å². The SMILES string of the molecule is CCn1c(CSCc2ccc(C)cc2)nnc1SCC(=O)Nc1cc([N+](=O)[O-])ccc1Cl. The van der Waals surface area contributed by atoms with Crippen molar-refractivity contribution in [2.45, 2.75) is 37.1 Å². The third-order valence-electron chi connectivity index (χ3n) is 4.50. The zero-order valence-electron chi connectivity index (χ0n) is 17.6. The Morgan fingerprint density at radius 3 is 2.62 bits per heavy atom. The van der Waals surface area contributed by atoms with E-state index in [-0.39, 0.29) is 28.1 Å². The van der Waals surface area contributed by atoms with Crippen molar-refractivity contribution in [1.29, 1.82) is 0 Å². The number of nitrogens with one attached hydrogen (secondary N) is 1. The molecule has 0 saturated heterocycles. The van der Waals surface area contributed by atoms with Gasteiger partial charge in [-0.15, -0.1) is 22.0 Å². The van der Waals surface area contributed by atoms with Gasteiger partial charge >= 0.3 is 0 Å². The van der Waals surface area contributed by atoms with Crippen molar-refractivity contribution in [3.63, 3.8) is 0 Å². The van der Waals surface area contributed by atoms with Crippen LogP contribution >= 0.6 is 35.1 Å². The first-order valence-electron chi connectivity index (χ1n) is 9.79. The Labute approximate surface area is 199 Å². The van der Waals surface area contributed by atoms with Gasteiger partial charge in [0.1, 0.15) is 5.82 Å². The second-order valence-corrected chi connectivity index (χ2v) is 9.21. The molecule has 1 N–H and O–H groups in total. The maximum atomic E-state index is 12.4. The minimum Gasteiger partial charge on any atom is -0.324 e. The molecule has 0 aliphatic rings. The number of nitro benzene ring substituents is 1. The highest BCUT2D eigenvalue weighted by molar-refractivity contribution is 7.99. The van der Waals surface area contributed by atoms with Crippen LogP contribution in [0.5, 0.6) is 0 Å². The van der Waals surface area contributed by atoms with E-state index in [2.05, 4.69) is 46.7 Å². The standard InChI is InChI=1S/C21H22ClN5O3S2/c1-3-26-19(12-31-11-15-6-4-14(2)5-7-15)24-25-21(26)32-13-20(28)23-18-10-16(27(29)30)8-9-17(18)22/h4-10H,3,11-13H2,1-2H3,(H,23,28). The molecule has 3 rings (SSSR count). The topological polar surface area (TPSA) is 103 Å². The number of nitro groups is 1. The number of amides is 1. The number of halogens is 1. The van der Waals surface area contributed by atoms with Crippen LogP contribution in [0.2, 0.25) is 5.02 Å². The number of aromatic nitrogens is 3. The Kier molecular flexibility index (Phi) is 8.54. The molecule has 1 amide bonds. The van der Waals surface area contributed by atoms with Gasteiger partial charge in [0.05, 0.1) is 27.1 Å². The van der Waals surface area contributed by atoms with Crippen LogP contribution in [-0.2, 0) is 22.8 Å². The molecule has 8 nitrogen and oxygen atoms in total. The third kappa shape index (κ3) is 6.47. The number of benzene rings is 2. The normalized spacial score (nSPS) is 10.8. The van der Waals surface area contributed by atoms with Gasteiger partial charge in [-0.3, -0.25) is 14.9 Å². The summed E-state index contributed by atoms with van der Waals surface area (Å²) < 4.78 is 1.99. The first kappa shape index (κ1) is 24.1. The molecule has 168 valence electrons. The molecular weight excluding hydrogens is 470 g/mol. The second kappa shape index (κ2) is 11.3. The number of nitrogens with zero attached hydrogens (tertiary/aromatic N) is 4. The van der Waals surface area contributed by atoms with Crippen LogP contribution < -0.4 is 5.32 Å². The van der Waals surface area contributed by atoms with Gasteiger partial charge in [-0.25, -0.2) is 0 Å². The number of carbonyl (C=O) groups is 1.